The standard InChI is InChI=1S/C19H18O/c1-20-19-15-13-18(14-16-19)12-6-3-2-5-9-17-10-7-4-8-11-17/h2-16H,1H3/b3-2+,9-5-,12-6+. The SMILES string of the molecule is COc1ccc(/C=C/C=C/C=C\c2ccccc2)cc1. The van der Waals surface area contributed by atoms with E-state index in [0.717, 1.165) is 11.3 Å². The number of hydrogen-bond acceptors (Lipinski definition) is 1. The summed E-state index contributed by atoms with van der Waals surface area (Å²) < 4.78 is 5.12. The Hall–Kier alpha value is -2.54. The van der Waals surface area contributed by atoms with Gasteiger partial charge in [-0.3, -0.25) is 0 Å². The van der Waals surface area contributed by atoms with Crippen LogP contribution in [0, 0.1) is 0 Å². The summed E-state index contributed by atoms with van der Waals surface area (Å²) in [5, 5.41) is 0. The van der Waals surface area contributed by atoms with Crippen LogP contribution in [0.1, 0.15) is 11.1 Å². The first-order valence-corrected chi connectivity index (χ1v) is 6.59. The van der Waals surface area contributed by atoms with E-state index in [1.807, 2.05) is 66.8 Å². The van der Waals surface area contributed by atoms with Crippen LogP contribution in [0.2, 0.25) is 0 Å². The van der Waals surface area contributed by atoms with Crippen LogP contribution in [0.25, 0.3) is 12.2 Å². The van der Waals surface area contributed by atoms with Gasteiger partial charge in [0.15, 0.2) is 0 Å². The van der Waals surface area contributed by atoms with Gasteiger partial charge in [0, 0.05) is 0 Å². The van der Waals surface area contributed by atoms with Crippen LogP contribution < -0.4 is 4.74 Å². The molecule has 0 saturated heterocycles. The summed E-state index contributed by atoms with van der Waals surface area (Å²) in [7, 11) is 1.67. The molecule has 0 bridgehead atoms. The fourth-order valence-corrected chi connectivity index (χ4v) is 1.74. The molecule has 0 saturated carbocycles. The van der Waals surface area contributed by atoms with Crippen molar-refractivity contribution in [2.45, 2.75) is 0 Å². The Balaban J connectivity index is 1.86. The minimum absolute atomic E-state index is 0.878. The Bertz CT molecular complexity index is 589. The van der Waals surface area contributed by atoms with Gasteiger partial charge in [0.1, 0.15) is 5.75 Å². The summed E-state index contributed by atoms with van der Waals surface area (Å²) >= 11 is 0. The maximum Gasteiger partial charge on any atom is 0.118 e. The van der Waals surface area contributed by atoms with E-state index >= 15 is 0 Å². The zero-order valence-electron chi connectivity index (χ0n) is 11.6. The molecule has 0 fully saturated rings. The van der Waals surface area contributed by atoms with Gasteiger partial charge in [-0.1, -0.05) is 78.9 Å². The summed E-state index contributed by atoms with van der Waals surface area (Å²) in [6, 6.07) is 18.2. The molecule has 20 heavy (non-hydrogen) atoms. The van der Waals surface area contributed by atoms with Gasteiger partial charge in [0.25, 0.3) is 0 Å². The van der Waals surface area contributed by atoms with E-state index in [-0.39, 0.29) is 0 Å². The van der Waals surface area contributed by atoms with E-state index in [4.69, 9.17) is 4.74 Å². The van der Waals surface area contributed by atoms with Crippen molar-refractivity contribution in [3.63, 3.8) is 0 Å². The molecule has 0 amide bonds. The second kappa shape index (κ2) is 7.80. The lowest BCUT2D eigenvalue weighted by Gasteiger charge is -1.98. The largest absolute Gasteiger partial charge is 0.497 e. The minimum atomic E-state index is 0.878. The molecule has 0 unspecified atom stereocenters. The highest BCUT2D eigenvalue weighted by molar-refractivity contribution is 5.54. The van der Waals surface area contributed by atoms with E-state index in [9.17, 15) is 0 Å². The van der Waals surface area contributed by atoms with Crippen molar-refractivity contribution in [3.8, 4) is 5.75 Å². The topological polar surface area (TPSA) is 9.23 Å². The Morgan fingerprint density at radius 1 is 0.650 bits per heavy atom. The average Bonchev–Trinajstić information content (AvgIpc) is 2.52. The van der Waals surface area contributed by atoms with Crippen molar-refractivity contribution in [2.24, 2.45) is 0 Å². The summed E-state index contributed by atoms with van der Waals surface area (Å²) in [5.41, 5.74) is 2.36. The number of rotatable bonds is 5. The van der Waals surface area contributed by atoms with Crippen LogP contribution in [0.5, 0.6) is 5.75 Å². The quantitative estimate of drug-likeness (QED) is 0.691. The molecule has 0 spiro atoms. The normalized spacial score (nSPS) is 11.7. The van der Waals surface area contributed by atoms with Crippen molar-refractivity contribution in [2.75, 3.05) is 7.11 Å². The third-order valence-electron chi connectivity index (χ3n) is 2.83. The maximum absolute atomic E-state index is 5.12. The molecule has 2 rings (SSSR count). The first kappa shape index (κ1) is 13.9. The molecule has 2 aromatic carbocycles. The van der Waals surface area contributed by atoms with Crippen LogP contribution in [0.3, 0.4) is 0 Å². The number of hydrogen-bond donors (Lipinski definition) is 0. The van der Waals surface area contributed by atoms with Crippen LogP contribution in [0.4, 0.5) is 0 Å². The van der Waals surface area contributed by atoms with Gasteiger partial charge >= 0.3 is 0 Å². The molecule has 0 aliphatic rings. The van der Waals surface area contributed by atoms with Crippen molar-refractivity contribution in [1.82, 2.24) is 0 Å². The van der Waals surface area contributed by atoms with Gasteiger partial charge in [-0.2, -0.15) is 0 Å². The lowest BCUT2D eigenvalue weighted by Crippen LogP contribution is -1.81. The number of ether oxygens (including phenoxy) is 1. The number of allylic oxidation sites excluding steroid dienone is 4. The Morgan fingerprint density at radius 3 is 1.75 bits per heavy atom. The third-order valence-corrected chi connectivity index (χ3v) is 2.83. The van der Waals surface area contributed by atoms with Gasteiger partial charge in [0.2, 0.25) is 0 Å². The molecule has 0 radical (unpaired) electrons. The Labute approximate surface area is 120 Å². The molecular weight excluding hydrogens is 244 g/mol. The van der Waals surface area contributed by atoms with Gasteiger partial charge in [-0.05, 0) is 23.3 Å². The molecule has 0 heterocycles. The first-order valence-electron chi connectivity index (χ1n) is 6.59. The van der Waals surface area contributed by atoms with Gasteiger partial charge in [-0.25, -0.2) is 0 Å². The molecule has 0 aliphatic carbocycles. The Kier molecular flexibility index (Phi) is 5.41. The van der Waals surface area contributed by atoms with E-state index in [2.05, 4.69) is 24.3 Å². The van der Waals surface area contributed by atoms with E-state index < -0.39 is 0 Å². The van der Waals surface area contributed by atoms with Crippen molar-refractivity contribution in [3.05, 3.63) is 90.0 Å². The van der Waals surface area contributed by atoms with Crippen molar-refractivity contribution < 1.29 is 4.74 Å². The molecule has 100 valence electrons. The van der Waals surface area contributed by atoms with Crippen LogP contribution in [0.15, 0.2) is 78.9 Å². The van der Waals surface area contributed by atoms with E-state index in [1.54, 1.807) is 7.11 Å². The van der Waals surface area contributed by atoms with Gasteiger partial charge in [0.05, 0.1) is 7.11 Å². The Morgan fingerprint density at radius 2 is 1.20 bits per heavy atom. The lowest BCUT2D eigenvalue weighted by molar-refractivity contribution is 0.415. The summed E-state index contributed by atoms with van der Waals surface area (Å²) in [4.78, 5) is 0. The molecule has 0 aliphatic heterocycles. The highest BCUT2D eigenvalue weighted by Crippen LogP contribution is 2.12. The second-order valence-electron chi connectivity index (χ2n) is 4.29. The lowest BCUT2D eigenvalue weighted by atomic mass is 10.2. The van der Waals surface area contributed by atoms with Crippen LogP contribution in [-0.2, 0) is 0 Å². The van der Waals surface area contributed by atoms with Crippen LogP contribution >= 0.6 is 0 Å². The van der Waals surface area contributed by atoms with Gasteiger partial charge < -0.3 is 4.74 Å². The molecular formula is C19H18O. The summed E-state index contributed by atoms with van der Waals surface area (Å²) in [5.74, 6) is 0.878. The third kappa shape index (κ3) is 4.62. The zero-order chi connectivity index (χ0) is 14.0. The van der Waals surface area contributed by atoms with Crippen LogP contribution in [-0.4, -0.2) is 7.11 Å². The van der Waals surface area contributed by atoms with Crippen molar-refractivity contribution >= 4 is 12.2 Å². The van der Waals surface area contributed by atoms with Crippen molar-refractivity contribution in [1.29, 1.82) is 0 Å². The fraction of sp³-hybridized carbons (Fsp3) is 0.0526. The minimum Gasteiger partial charge on any atom is -0.497 e. The second-order valence-corrected chi connectivity index (χ2v) is 4.29. The smallest absolute Gasteiger partial charge is 0.118 e. The number of methoxy groups -OCH3 is 1. The molecule has 0 atom stereocenters. The van der Waals surface area contributed by atoms with Gasteiger partial charge in [-0.15, -0.1) is 0 Å². The summed E-state index contributed by atoms with van der Waals surface area (Å²) in [6.07, 6.45) is 12.2. The molecule has 1 heteroatoms. The van der Waals surface area contributed by atoms with E-state index in [0.29, 0.717) is 0 Å². The first-order chi connectivity index (χ1) is 9.88. The molecule has 1 nitrogen and oxygen atoms in total. The molecule has 0 N–H and O–H groups in total. The van der Waals surface area contributed by atoms with E-state index in [1.165, 1.54) is 5.56 Å². The zero-order valence-corrected chi connectivity index (χ0v) is 11.6. The maximum atomic E-state index is 5.12. The highest BCUT2D eigenvalue weighted by Gasteiger charge is 1.88. The summed E-state index contributed by atoms with van der Waals surface area (Å²) in [6.45, 7) is 0. The number of benzene rings is 2. The molecule has 2 aromatic rings. The monoisotopic (exact) mass is 262 g/mol. The fourth-order valence-electron chi connectivity index (χ4n) is 1.74. The predicted octanol–water partition coefficient (Wildman–Crippen LogP) is 4.98. The average molecular weight is 262 g/mol. The molecule has 0 aromatic heterocycles. The predicted molar refractivity (Wildman–Crippen MR) is 86.6 cm³/mol. The highest BCUT2D eigenvalue weighted by atomic mass is 16.5.